The number of nitrogens with zero attached hydrogens (tertiary/aromatic N) is 1. The van der Waals surface area contributed by atoms with Gasteiger partial charge in [-0.1, -0.05) is 72.0 Å². The Morgan fingerprint density at radius 3 is 2.43 bits per heavy atom. The lowest BCUT2D eigenvalue weighted by Gasteiger charge is -2.15. The molecular weight excluding hydrogens is 394 g/mol. The van der Waals surface area contributed by atoms with Gasteiger partial charge in [0.2, 0.25) is 11.8 Å². The highest BCUT2D eigenvalue weighted by molar-refractivity contribution is 8.24. The summed E-state index contributed by atoms with van der Waals surface area (Å²) in [5.74, 6) is -1.06. The summed E-state index contributed by atoms with van der Waals surface area (Å²) in [7, 11) is 0. The van der Waals surface area contributed by atoms with Crippen molar-refractivity contribution < 1.29 is 14.4 Å². The summed E-state index contributed by atoms with van der Waals surface area (Å²) in [5.41, 5.74) is 7.16. The van der Waals surface area contributed by atoms with E-state index in [1.807, 2.05) is 49.4 Å². The van der Waals surface area contributed by atoms with Crippen molar-refractivity contribution in [3.63, 3.8) is 0 Å². The lowest BCUT2D eigenvalue weighted by molar-refractivity contribution is -0.129. The molecule has 1 fully saturated rings. The Morgan fingerprint density at radius 1 is 1.07 bits per heavy atom. The van der Waals surface area contributed by atoms with Crippen LogP contribution in [0.1, 0.15) is 27.9 Å². The van der Waals surface area contributed by atoms with Gasteiger partial charge in [-0.15, -0.1) is 0 Å². The van der Waals surface area contributed by atoms with Crippen molar-refractivity contribution in [3.05, 3.63) is 71.3 Å². The van der Waals surface area contributed by atoms with Gasteiger partial charge >= 0.3 is 0 Å². The number of hydrogen-bond donors (Lipinski definition) is 2. The summed E-state index contributed by atoms with van der Waals surface area (Å²) in [6.45, 7) is 2.30. The van der Waals surface area contributed by atoms with Gasteiger partial charge in [-0.2, -0.15) is 0 Å². The molecule has 0 aromatic heterocycles. The van der Waals surface area contributed by atoms with Crippen molar-refractivity contribution in [1.82, 2.24) is 15.8 Å². The van der Waals surface area contributed by atoms with Crippen LogP contribution in [0, 0.1) is 6.92 Å². The fraction of sp³-hybridized carbons (Fsp3) is 0.200. The van der Waals surface area contributed by atoms with Crippen LogP contribution in [-0.2, 0) is 16.1 Å². The molecule has 1 aliphatic heterocycles. The SMILES string of the molecule is Cc1ccc(C(=O)NNC(=O)C[C@@H]2SC(=S)N(Cc3ccccc3)C2=O)cc1. The van der Waals surface area contributed by atoms with E-state index in [0.717, 1.165) is 11.1 Å². The smallest absolute Gasteiger partial charge is 0.269 e. The molecule has 0 radical (unpaired) electrons. The molecule has 2 N–H and O–H groups in total. The third-order valence-corrected chi connectivity index (χ3v) is 5.77. The average molecular weight is 414 g/mol. The molecule has 3 amide bonds. The molecule has 0 bridgehead atoms. The van der Waals surface area contributed by atoms with Gasteiger partial charge in [-0.05, 0) is 24.6 Å². The van der Waals surface area contributed by atoms with Crippen molar-refractivity contribution >= 4 is 46.0 Å². The van der Waals surface area contributed by atoms with E-state index in [0.29, 0.717) is 16.4 Å². The highest BCUT2D eigenvalue weighted by Crippen LogP contribution is 2.30. The van der Waals surface area contributed by atoms with E-state index in [1.165, 1.54) is 16.7 Å². The van der Waals surface area contributed by atoms with Crippen LogP contribution in [0.2, 0.25) is 0 Å². The Balaban J connectivity index is 1.51. The largest absolute Gasteiger partial charge is 0.292 e. The molecule has 2 aromatic rings. The van der Waals surface area contributed by atoms with Crippen LogP contribution in [0.4, 0.5) is 0 Å². The number of carbonyl (C=O) groups excluding carboxylic acids is 3. The van der Waals surface area contributed by atoms with Crippen molar-refractivity contribution in [2.45, 2.75) is 25.1 Å². The van der Waals surface area contributed by atoms with Crippen LogP contribution in [0.15, 0.2) is 54.6 Å². The maximum Gasteiger partial charge on any atom is 0.269 e. The van der Waals surface area contributed by atoms with Crippen LogP contribution >= 0.6 is 24.0 Å². The number of thioether (sulfide) groups is 1. The number of carbonyl (C=O) groups is 3. The van der Waals surface area contributed by atoms with E-state index in [2.05, 4.69) is 10.9 Å². The van der Waals surface area contributed by atoms with Crippen LogP contribution in [-0.4, -0.2) is 32.2 Å². The maximum atomic E-state index is 12.6. The Hall–Kier alpha value is -2.71. The molecule has 0 aliphatic carbocycles. The third-order valence-electron chi connectivity index (χ3n) is 4.19. The number of benzene rings is 2. The minimum absolute atomic E-state index is 0.0664. The molecule has 144 valence electrons. The van der Waals surface area contributed by atoms with E-state index in [-0.39, 0.29) is 12.3 Å². The number of aryl methyl sites for hydroxylation is 1. The van der Waals surface area contributed by atoms with Crippen LogP contribution in [0.3, 0.4) is 0 Å². The minimum Gasteiger partial charge on any atom is -0.292 e. The number of thiocarbonyl (C=S) groups is 1. The monoisotopic (exact) mass is 413 g/mol. The molecule has 1 heterocycles. The first kappa shape index (κ1) is 20.0. The topological polar surface area (TPSA) is 78.5 Å². The van der Waals surface area contributed by atoms with Gasteiger partial charge < -0.3 is 0 Å². The predicted octanol–water partition coefficient (Wildman–Crippen LogP) is 2.58. The zero-order chi connectivity index (χ0) is 20.1. The lowest BCUT2D eigenvalue weighted by Crippen LogP contribution is -2.43. The summed E-state index contributed by atoms with van der Waals surface area (Å²) < 4.78 is 0.454. The second-order valence-corrected chi connectivity index (χ2v) is 8.19. The molecule has 1 atom stereocenters. The molecular formula is C20H19N3O3S2. The predicted molar refractivity (Wildman–Crippen MR) is 112 cm³/mol. The average Bonchev–Trinajstić information content (AvgIpc) is 2.95. The Morgan fingerprint density at radius 2 is 1.75 bits per heavy atom. The first-order chi connectivity index (χ1) is 13.4. The number of hydrazine groups is 1. The molecule has 0 saturated carbocycles. The molecule has 3 rings (SSSR count). The van der Waals surface area contributed by atoms with E-state index in [1.54, 1.807) is 12.1 Å². The van der Waals surface area contributed by atoms with Gasteiger partial charge in [-0.25, -0.2) is 0 Å². The highest BCUT2D eigenvalue weighted by Gasteiger charge is 2.38. The van der Waals surface area contributed by atoms with Crippen LogP contribution < -0.4 is 10.9 Å². The van der Waals surface area contributed by atoms with E-state index in [9.17, 15) is 14.4 Å². The summed E-state index contributed by atoms with van der Waals surface area (Å²) in [6, 6.07) is 16.5. The summed E-state index contributed by atoms with van der Waals surface area (Å²) in [6.07, 6.45) is -0.0664. The molecule has 1 aliphatic rings. The Bertz CT molecular complexity index is 901. The van der Waals surface area contributed by atoms with Gasteiger partial charge in [0.15, 0.2) is 0 Å². The van der Waals surface area contributed by atoms with Crippen LogP contribution in [0.5, 0.6) is 0 Å². The first-order valence-corrected chi connectivity index (χ1v) is 9.94. The number of nitrogens with one attached hydrogen (secondary N) is 2. The standard InChI is InChI=1S/C20H19N3O3S2/c1-13-7-9-15(10-8-13)18(25)22-21-17(24)11-16-19(26)23(20(27)28-16)12-14-5-3-2-4-6-14/h2-10,16H,11-12H2,1H3,(H,21,24)(H,22,25)/t16-/m0/s1. The van der Waals surface area contributed by atoms with Crippen molar-refractivity contribution in [2.75, 3.05) is 0 Å². The first-order valence-electron chi connectivity index (χ1n) is 8.66. The van der Waals surface area contributed by atoms with Crippen LogP contribution in [0.25, 0.3) is 0 Å². The van der Waals surface area contributed by atoms with Crippen molar-refractivity contribution in [1.29, 1.82) is 0 Å². The van der Waals surface area contributed by atoms with E-state index >= 15 is 0 Å². The van der Waals surface area contributed by atoms with E-state index in [4.69, 9.17) is 12.2 Å². The fourth-order valence-electron chi connectivity index (χ4n) is 2.66. The molecule has 8 heteroatoms. The van der Waals surface area contributed by atoms with Gasteiger partial charge in [0.05, 0.1) is 11.8 Å². The third kappa shape index (κ3) is 4.96. The molecule has 28 heavy (non-hydrogen) atoms. The summed E-state index contributed by atoms with van der Waals surface area (Å²) in [4.78, 5) is 38.3. The zero-order valence-electron chi connectivity index (χ0n) is 15.2. The molecule has 6 nitrogen and oxygen atoms in total. The molecule has 0 spiro atoms. The molecule has 2 aromatic carbocycles. The van der Waals surface area contributed by atoms with Gasteiger partial charge in [-0.3, -0.25) is 30.1 Å². The zero-order valence-corrected chi connectivity index (χ0v) is 16.8. The van der Waals surface area contributed by atoms with Crippen molar-refractivity contribution in [2.24, 2.45) is 0 Å². The highest BCUT2D eigenvalue weighted by atomic mass is 32.2. The maximum absolute atomic E-state index is 12.6. The molecule has 0 unspecified atom stereocenters. The Kier molecular flexibility index (Phi) is 6.43. The van der Waals surface area contributed by atoms with E-state index < -0.39 is 17.1 Å². The number of rotatable bonds is 5. The number of hydrogen-bond acceptors (Lipinski definition) is 5. The summed E-state index contributed by atoms with van der Waals surface area (Å²) >= 11 is 6.49. The summed E-state index contributed by atoms with van der Waals surface area (Å²) in [5, 5.41) is -0.590. The minimum atomic E-state index is -0.590. The normalized spacial score (nSPS) is 16.2. The number of amides is 3. The second kappa shape index (κ2) is 8.99. The Labute approximate surface area is 172 Å². The lowest BCUT2D eigenvalue weighted by atomic mass is 10.1. The molecule has 1 saturated heterocycles. The van der Waals surface area contributed by atoms with Crippen molar-refractivity contribution in [3.8, 4) is 0 Å². The van der Waals surface area contributed by atoms with Gasteiger partial charge in [0, 0.05) is 12.0 Å². The fourth-order valence-corrected chi connectivity index (χ4v) is 4.15. The van der Waals surface area contributed by atoms with Gasteiger partial charge in [0.1, 0.15) is 4.32 Å². The second-order valence-electron chi connectivity index (χ2n) is 6.35. The quantitative estimate of drug-likeness (QED) is 0.582. The van der Waals surface area contributed by atoms with Gasteiger partial charge in [0.25, 0.3) is 5.91 Å².